The van der Waals surface area contributed by atoms with Crippen LogP contribution >= 0.6 is 11.6 Å². The third kappa shape index (κ3) is 4.44. The van der Waals surface area contributed by atoms with Gasteiger partial charge in [-0.05, 0) is 35.9 Å². The number of carbonyl (C=O) groups excluding carboxylic acids is 1. The molecule has 0 radical (unpaired) electrons. The summed E-state index contributed by atoms with van der Waals surface area (Å²) in [5.41, 5.74) is 3.41. The molecule has 1 aromatic heterocycles. The lowest BCUT2D eigenvalue weighted by Crippen LogP contribution is -2.12. The van der Waals surface area contributed by atoms with E-state index < -0.39 is 0 Å². The fourth-order valence-electron chi connectivity index (χ4n) is 3.24. The minimum absolute atomic E-state index is 0.104. The molecule has 146 valence electrons. The van der Waals surface area contributed by atoms with Crippen molar-refractivity contribution in [3.63, 3.8) is 0 Å². The van der Waals surface area contributed by atoms with Crippen molar-refractivity contribution in [1.29, 1.82) is 0 Å². The third-order valence-electron chi connectivity index (χ3n) is 4.68. The van der Waals surface area contributed by atoms with Crippen LogP contribution in [-0.2, 0) is 17.6 Å². The number of ether oxygens (including phenoxy) is 2. The molecule has 4 rings (SSSR count). The Bertz CT molecular complexity index is 1150. The van der Waals surface area contributed by atoms with Gasteiger partial charge in [0.25, 0.3) is 0 Å². The van der Waals surface area contributed by atoms with Gasteiger partial charge in [0.05, 0.1) is 19.8 Å². The van der Waals surface area contributed by atoms with E-state index in [1.165, 1.54) is 0 Å². The van der Waals surface area contributed by atoms with Crippen LogP contribution in [0.15, 0.2) is 77.4 Å². The van der Waals surface area contributed by atoms with Gasteiger partial charge in [0.1, 0.15) is 17.1 Å². The summed E-state index contributed by atoms with van der Waals surface area (Å²) in [7, 11) is 1.60. The minimum atomic E-state index is -0.361. The standard InChI is InChI=1S/C24H19ClO4/c1-27-20-8-9-21-18(15-28-23(21)14-20)13-24(26)29-22-10-7-19(25)12-17(22)11-16-5-3-2-4-6-16/h2-10,12,14-15H,11,13H2,1H3. The van der Waals surface area contributed by atoms with Crippen molar-refractivity contribution in [1.82, 2.24) is 0 Å². The second kappa shape index (κ2) is 8.41. The van der Waals surface area contributed by atoms with Gasteiger partial charge < -0.3 is 13.9 Å². The van der Waals surface area contributed by atoms with Crippen LogP contribution in [0.25, 0.3) is 11.0 Å². The predicted octanol–water partition coefficient (Wildman–Crippen LogP) is 5.83. The molecule has 0 saturated heterocycles. The van der Waals surface area contributed by atoms with E-state index in [0.29, 0.717) is 28.5 Å². The van der Waals surface area contributed by atoms with E-state index in [2.05, 4.69) is 0 Å². The number of furan rings is 1. The van der Waals surface area contributed by atoms with Gasteiger partial charge in [-0.2, -0.15) is 0 Å². The number of hydrogen-bond acceptors (Lipinski definition) is 4. The van der Waals surface area contributed by atoms with Crippen LogP contribution in [0.4, 0.5) is 0 Å². The Hall–Kier alpha value is -3.24. The van der Waals surface area contributed by atoms with Crippen molar-refractivity contribution >= 4 is 28.5 Å². The third-order valence-corrected chi connectivity index (χ3v) is 4.92. The molecular weight excluding hydrogens is 388 g/mol. The van der Waals surface area contributed by atoms with Gasteiger partial charge in [-0.25, -0.2) is 0 Å². The van der Waals surface area contributed by atoms with Crippen molar-refractivity contribution < 1.29 is 18.7 Å². The SMILES string of the molecule is COc1ccc2c(CC(=O)Oc3ccc(Cl)cc3Cc3ccccc3)coc2c1. The second-order valence-corrected chi connectivity index (χ2v) is 7.12. The van der Waals surface area contributed by atoms with E-state index >= 15 is 0 Å². The summed E-state index contributed by atoms with van der Waals surface area (Å²) in [6.07, 6.45) is 2.31. The smallest absolute Gasteiger partial charge is 0.315 e. The zero-order valence-corrected chi connectivity index (χ0v) is 16.6. The molecule has 0 unspecified atom stereocenters. The molecule has 29 heavy (non-hydrogen) atoms. The molecule has 0 atom stereocenters. The normalized spacial score (nSPS) is 10.8. The highest BCUT2D eigenvalue weighted by molar-refractivity contribution is 6.30. The zero-order valence-electron chi connectivity index (χ0n) is 15.9. The first-order chi connectivity index (χ1) is 14.1. The van der Waals surface area contributed by atoms with Gasteiger partial charge in [0.2, 0.25) is 0 Å². The summed E-state index contributed by atoms with van der Waals surface area (Å²) in [5.74, 6) is 0.852. The molecule has 4 nitrogen and oxygen atoms in total. The lowest BCUT2D eigenvalue weighted by molar-refractivity contribution is -0.133. The average molecular weight is 407 g/mol. The zero-order chi connectivity index (χ0) is 20.2. The molecule has 0 N–H and O–H groups in total. The van der Waals surface area contributed by atoms with Crippen molar-refractivity contribution in [2.45, 2.75) is 12.8 Å². The Morgan fingerprint density at radius 2 is 1.83 bits per heavy atom. The van der Waals surface area contributed by atoms with E-state index in [0.717, 1.165) is 22.1 Å². The summed E-state index contributed by atoms with van der Waals surface area (Å²) in [6, 6.07) is 20.8. The number of fused-ring (bicyclic) bond motifs is 1. The molecule has 5 heteroatoms. The quantitative estimate of drug-likeness (QED) is 0.298. The summed E-state index contributed by atoms with van der Waals surface area (Å²) in [4.78, 5) is 12.6. The second-order valence-electron chi connectivity index (χ2n) is 6.69. The number of halogens is 1. The first-order valence-electron chi connectivity index (χ1n) is 9.19. The monoisotopic (exact) mass is 406 g/mol. The van der Waals surface area contributed by atoms with E-state index in [1.54, 1.807) is 31.6 Å². The number of esters is 1. The Kier molecular flexibility index (Phi) is 5.54. The van der Waals surface area contributed by atoms with E-state index in [9.17, 15) is 4.79 Å². The summed E-state index contributed by atoms with van der Waals surface area (Å²) in [5, 5.41) is 1.47. The fourth-order valence-corrected chi connectivity index (χ4v) is 3.44. The van der Waals surface area contributed by atoms with Crippen molar-refractivity contribution in [3.8, 4) is 11.5 Å². The highest BCUT2D eigenvalue weighted by Crippen LogP contribution is 2.28. The van der Waals surface area contributed by atoms with Crippen LogP contribution < -0.4 is 9.47 Å². The topological polar surface area (TPSA) is 48.7 Å². The van der Waals surface area contributed by atoms with Crippen molar-refractivity contribution in [2.24, 2.45) is 0 Å². The molecule has 0 spiro atoms. The Morgan fingerprint density at radius 1 is 1.00 bits per heavy atom. The minimum Gasteiger partial charge on any atom is -0.497 e. The molecule has 0 saturated carbocycles. The van der Waals surface area contributed by atoms with Gasteiger partial charge in [-0.3, -0.25) is 4.79 Å². The van der Waals surface area contributed by atoms with Crippen LogP contribution in [-0.4, -0.2) is 13.1 Å². The molecule has 0 aliphatic heterocycles. The number of carbonyl (C=O) groups is 1. The molecule has 0 aliphatic carbocycles. The first-order valence-corrected chi connectivity index (χ1v) is 9.57. The molecule has 0 amide bonds. The van der Waals surface area contributed by atoms with Gasteiger partial charge in [-0.1, -0.05) is 41.9 Å². The molecule has 3 aromatic carbocycles. The lowest BCUT2D eigenvalue weighted by atomic mass is 10.0. The van der Waals surface area contributed by atoms with Gasteiger partial charge in [-0.15, -0.1) is 0 Å². The van der Waals surface area contributed by atoms with Crippen molar-refractivity contribution in [2.75, 3.05) is 7.11 Å². The number of rotatable bonds is 6. The van der Waals surface area contributed by atoms with Crippen LogP contribution in [0.2, 0.25) is 5.02 Å². The van der Waals surface area contributed by atoms with Crippen LogP contribution in [0.1, 0.15) is 16.7 Å². The van der Waals surface area contributed by atoms with E-state index in [1.807, 2.05) is 48.5 Å². The molecule has 1 heterocycles. The summed E-state index contributed by atoms with van der Waals surface area (Å²) in [6.45, 7) is 0. The van der Waals surface area contributed by atoms with Crippen LogP contribution in [0.5, 0.6) is 11.5 Å². The maximum Gasteiger partial charge on any atom is 0.315 e. The Morgan fingerprint density at radius 3 is 2.62 bits per heavy atom. The average Bonchev–Trinajstić information content (AvgIpc) is 3.12. The molecular formula is C24H19ClO4. The van der Waals surface area contributed by atoms with Gasteiger partial charge in [0.15, 0.2) is 0 Å². The predicted molar refractivity (Wildman–Crippen MR) is 113 cm³/mol. The first kappa shape index (κ1) is 19.1. The highest BCUT2D eigenvalue weighted by Gasteiger charge is 2.15. The fraction of sp³-hybridized carbons (Fsp3) is 0.125. The van der Waals surface area contributed by atoms with Crippen LogP contribution in [0.3, 0.4) is 0 Å². The molecule has 0 fully saturated rings. The molecule has 0 bridgehead atoms. The Balaban J connectivity index is 1.53. The summed E-state index contributed by atoms with van der Waals surface area (Å²) >= 11 is 6.16. The maximum atomic E-state index is 12.6. The largest absolute Gasteiger partial charge is 0.497 e. The van der Waals surface area contributed by atoms with Crippen molar-refractivity contribution in [3.05, 3.63) is 94.7 Å². The maximum absolute atomic E-state index is 12.6. The van der Waals surface area contributed by atoms with Gasteiger partial charge in [0, 0.05) is 34.0 Å². The number of hydrogen-bond donors (Lipinski definition) is 0. The number of benzene rings is 3. The van der Waals surface area contributed by atoms with E-state index in [4.69, 9.17) is 25.5 Å². The highest BCUT2D eigenvalue weighted by atomic mass is 35.5. The Labute approximate surface area is 173 Å². The number of methoxy groups -OCH3 is 1. The lowest BCUT2D eigenvalue weighted by Gasteiger charge is -2.11. The molecule has 0 aliphatic rings. The van der Waals surface area contributed by atoms with E-state index in [-0.39, 0.29) is 12.4 Å². The molecule has 4 aromatic rings. The summed E-state index contributed by atoms with van der Waals surface area (Å²) < 4.78 is 16.4. The van der Waals surface area contributed by atoms with Crippen LogP contribution in [0, 0.1) is 0 Å². The van der Waals surface area contributed by atoms with Gasteiger partial charge >= 0.3 is 5.97 Å².